The van der Waals surface area contributed by atoms with Crippen molar-refractivity contribution in [2.45, 2.75) is 17.2 Å². The van der Waals surface area contributed by atoms with E-state index < -0.39 is 0 Å². The molecule has 0 aliphatic heterocycles. The van der Waals surface area contributed by atoms with Crippen LogP contribution in [0.3, 0.4) is 0 Å². The second kappa shape index (κ2) is 8.49. The molecule has 1 amide bonds. The van der Waals surface area contributed by atoms with Crippen molar-refractivity contribution in [3.8, 4) is 0 Å². The number of hydrogen-bond acceptors (Lipinski definition) is 3. The van der Waals surface area contributed by atoms with Gasteiger partial charge in [-0.25, -0.2) is 9.37 Å². The third kappa shape index (κ3) is 4.66. The number of imidazole rings is 1. The molecule has 0 spiro atoms. The van der Waals surface area contributed by atoms with E-state index in [9.17, 15) is 9.18 Å². The van der Waals surface area contributed by atoms with Crippen LogP contribution in [-0.2, 0) is 12.3 Å². The summed E-state index contributed by atoms with van der Waals surface area (Å²) in [6, 6.07) is 19.7. The second-order valence-electron chi connectivity index (χ2n) is 6.80. The van der Waals surface area contributed by atoms with Gasteiger partial charge >= 0.3 is 0 Å². The van der Waals surface area contributed by atoms with Gasteiger partial charge in [-0.05, 0) is 54.1 Å². The highest BCUT2D eigenvalue weighted by molar-refractivity contribution is 7.98. The normalized spacial score (nSPS) is 11.0. The fourth-order valence-corrected chi connectivity index (χ4v) is 3.85. The van der Waals surface area contributed by atoms with Crippen LogP contribution in [0.5, 0.6) is 0 Å². The smallest absolute Gasteiger partial charge is 0.253 e. The molecule has 0 bridgehead atoms. The lowest BCUT2D eigenvalue weighted by atomic mass is 10.1. The molecule has 0 aliphatic rings. The van der Waals surface area contributed by atoms with Crippen molar-refractivity contribution >= 4 is 23.3 Å². The van der Waals surface area contributed by atoms with E-state index in [1.807, 2.05) is 59.3 Å². The number of rotatable bonds is 6. The molecule has 0 N–H and O–H groups in total. The van der Waals surface area contributed by atoms with Gasteiger partial charge in [0, 0.05) is 42.2 Å². The van der Waals surface area contributed by atoms with Gasteiger partial charge in [-0.2, -0.15) is 0 Å². The summed E-state index contributed by atoms with van der Waals surface area (Å²) in [6.45, 7) is 0.434. The predicted molar refractivity (Wildman–Crippen MR) is 113 cm³/mol. The minimum absolute atomic E-state index is 0.0637. The Kier molecular flexibility index (Phi) is 5.62. The topological polar surface area (TPSA) is 37.6 Å². The molecule has 0 fully saturated rings. The van der Waals surface area contributed by atoms with Gasteiger partial charge in [0.2, 0.25) is 0 Å². The highest BCUT2D eigenvalue weighted by atomic mass is 32.2. The Balaban J connectivity index is 1.36. The van der Waals surface area contributed by atoms with Gasteiger partial charge in [0.15, 0.2) is 0 Å². The van der Waals surface area contributed by atoms with Gasteiger partial charge < -0.3 is 9.30 Å². The molecule has 146 valence electrons. The van der Waals surface area contributed by atoms with E-state index in [2.05, 4.69) is 4.98 Å². The van der Waals surface area contributed by atoms with Crippen LogP contribution in [0.15, 0.2) is 84.0 Å². The Labute approximate surface area is 173 Å². The van der Waals surface area contributed by atoms with E-state index in [0.29, 0.717) is 12.1 Å². The number of hydrogen-bond donors (Lipinski definition) is 0. The summed E-state index contributed by atoms with van der Waals surface area (Å²) in [5, 5.41) is 0. The molecule has 0 unspecified atom stereocenters. The summed E-state index contributed by atoms with van der Waals surface area (Å²) in [4.78, 5) is 20.0. The van der Waals surface area contributed by atoms with Crippen molar-refractivity contribution in [2.75, 3.05) is 7.05 Å². The van der Waals surface area contributed by atoms with Crippen molar-refractivity contribution in [2.24, 2.45) is 0 Å². The molecular weight excluding hydrogens is 385 g/mol. The van der Waals surface area contributed by atoms with Crippen molar-refractivity contribution < 1.29 is 9.18 Å². The number of aromatic nitrogens is 2. The number of nitrogens with zero attached hydrogens (tertiary/aromatic N) is 3. The van der Waals surface area contributed by atoms with Gasteiger partial charge in [-0.15, -0.1) is 11.8 Å². The van der Waals surface area contributed by atoms with Crippen LogP contribution in [0.1, 0.15) is 21.6 Å². The molecule has 4 rings (SSSR count). The van der Waals surface area contributed by atoms with Crippen molar-refractivity contribution in [3.05, 3.63) is 102 Å². The lowest BCUT2D eigenvalue weighted by Crippen LogP contribution is -2.26. The van der Waals surface area contributed by atoms with Crippen molar-refractivity contribution in [3.63, 3.8) is 0 Å². The SMILES string of the molecule is CN(Cc1ccc(F)cc1)C(=O)c1ccc(SCc2cn3ccccc3n2)cc1. The van der Waals surface area contributed by atoms with E-state index in [1.165, 1.54) is 12.1 Å². The van der Waals surface area contributed by atoms with Crippen LogP contribution < -0.4 is 0 Å². The average molecular weight is 405 g/mol. The molecule has 4 aromatic rings. The van der Waals surface area contributed by atoms with Gasteiger partial charge in [-0.1, -0.05) is 18.2 Å². The van der Waals surface area contributed by atoms with Gasteiger partial charge in [0.25, 0.3) is 5.91 Å². The molecule has 4 nitrogen and oxygen atoms in total. The van der Waals surface area contributed by atoms with Crippen LogP contribution in [0, 0.1) is 5.82 Å². The number of benzene rings is 2. The summed E-state index contributed by atoms with van der Waals surface area (Å²) in [5.74, 6) is 0.421. The molecule has 0 saturated carbocycles. The fraction of sp³-hybridized carbons (Fsp3) is 0.130. The van der Waals surface area contributed by atoms with Crippen LogP contribution >= 0.6 is 11.8 Å². The molecule has 0 radical (unpaired) electrons. The first kappa shape index (κ1) is 19.2. The van der Waals surface area contributed by atoms with Gasteiger partial charge in [-0.3, -0.25) is 4.79 Å². The highest BCUT2D eigenvalue weighted by Crippen LogP contribution is 2.23. The second-order valence-corrected chi connectivity index (χ2v) is 7.85. The van der Waals surface area contributed by atoms with E-state index >= 15 is 0 Å². The zero-order chi connectivity index (χ0) is 20.2. The van der Waals surface area contributed by atoms with Crippen LogP contribution in [-0.4, -0.2) is 27.2 Å². The fourth-order valence-electron chi connectivity index (χ4n) is 3.06. The number of pyridine rings is 1. The molecule has 29 heavy (non-hydrogen) atoms. The molecule has 6 heteroatoms. The summed E-state index contributed by atoms with van der Waals surface area (Å²) >= 11 is 1.69. The van der Waals surface area contributed by atoms with Crippen LogP contribution in [0.25, 0.3) is 5.65 Å². The first-order chi connectivity index (χ1) is 14.1. The molecule has 0 atom stereocenters. The lowest BCUT2D eigenvalue weighted by molar-refractivity contribution is 0.0785. The minimum Gasteiger partial charge on any atom is -0.337 e. The first-order valence-corrected chi connectivity index (χ1v) is 10.2. The minimum atomic E-state index is -0.278. The number of thioether (sulfide) groups is 1. The zero-order valence-electron chi connectivity index (χ0n) is 16.0. The monoisotopic (exact) mass is 405 g/mol. The highest BCUT2D eigenvalue weighted by Gasteiger charge is 2.12. The van der Waals surface area contributed by atoms with Crippen molar-refractivity contribution in [1.82, 2.24) is 14.3 Å². The van der Waals surface area contributed by atoms with Crippen LogP contribution in [0.2, 0.25) is 0 Å². The van der Waals surface area contributed by atoms with E-state index in [0.717, 1.165) is 27.6 Å². The predicted octanol–water partition coefficient (Wildman–Crippen LogP) is 5.04. The molecule has 0 aliphatic carbocycles. The standard InChI is InChI=1S/C23H20FN3OS/c1-26(14-17-5-9-19(24)10-6-17)23(28)18-7-11-21(12-8-18)29-16-20-15-27-13-3-2-4-22(27)25-20/h2-13,15H,14,16H2,1H3. The summed E-state index contributed by atoms with van der Waals surface area (Å²) in [6.07, 6.45) is 4.02. The van der Waals surface area contributed by atoms with E-state index in [-0.39, 0.29) is 11.7 Å². The van der Waals surface area contributed by atoms with E-state index in [1.54, 1.807) is 35.8 Å². The summed E-state index contributed by atoms with van der Waals surface area (Å²) in [5.41, 5.74) is 3.47. The molecule has 2 aromatic heterocycles. The molecule has 0 saturated heterocycles. The van der Waals surface area contributed by atoms with Crippen LogP contribution in [0.4, 0.5) is 4.39 Å². The maximum Gasteiger partial charge on any atom is 0.253 e. The van der Waals surface area contributed by atoms with Gasteiger partial charge in [0.1, 0.15) is 11.5 Å². The molecule has 2 heterocycles. The maximum absolute atomic E-state index is 13.0. The van der Waals surface area contributed by atoms with E-state index in [4.69, 9.17) is 0 Å². The lowest BCUT2D eigenvalue weighted by Gasteiger charge is -2.17. The molecular formula is C23H20FN3OS. The Morgan fingerprint density at radius 1 is 1.07 bits per heavy atom. The summed E-state index contributed by atoms with van der Waals surface area (Å²) in [7, 11) is 1.75. The Morgan fingerprint density at radius 2 is 1.83 bits per heavy atom. The zero-order valence-corrected chi connectivity index (χ0v) is 16.8. The number of fused-ring (bicyclic) bond motifs is 1. The number of halogens is 1. The Bertz CT molecular complexity index is 1090. The van der Waals surface area contributed by atoms with Crippen molar-refractivity contribution in [1.29, 1.82) is 0 Å². The summed E-state index contributed by atoms with van der Waals surface area (Å²) < 4.78 is 15.0. The number of carbonyl (C=O) groups excluding carboxylic acids is 1. The average Bonchev–Trinajstić information content (AvgIpc) is 3.17. The van der Waals surface area contributed by atoms with Gasteiger partial charge in [0.05, 0.1) is 5.69 Å². The Hall–Kier alpha value is -3.12. The number of amides is 1. The maximum atomic E-state index is 13.0. The quantitative estimate of drug-likeness (QED) is 0.422. The third-order valence-corrected chi connectivity index (χ3v) is 5.63. The Morgan fingerprint density at radius 3 is 2.55 bits per heavy atom. The third-order valence-electron chi connectivity index (χ3n) is 4.58. The largest absolute Gasteiger partial charge is 0.337 e. The first-order valence-electron chi connectivity index (χ1n) is 9.24. The molecule has 2 aromatic carbocycles. The number of carbonyl (C=O) groups is 1.